The van der Waals surface area contributed by atoms with Crippen molar-refractivity contribution in [3.63, 3.8) is 0 Å². The summed E-state index contributed by atoms with van der Waals surface area (Å²) in [4.78, 5) is 21.7. The van der Waals surface area contributed by atoms with Crippen LogP contribution in [-0.2, 0) is 0 Å². The van der Waals surface area contributed by atoms with E-state index in [-0.39, 0.29) is 17.7 Å². The maximum absolute atomic E-state index is 15.0. The predicted octanol–water partition coefficient (Wildman–Crippen LogP) is 6.38. The van der Waals surface area contributed by atoms with Gasteiger partial charge < -0.3 is 14.9 Å². The fourth-order valence-corrected chi connectivity index (χ4v) is 4.99. The number of fused-ring (bicyclic) bond motifs is 2. The molecule has 2 N–H and O–H groups in total. The molecular weight excluding hydrogens is 509 g/mol. The second kappa shape index (κ2) is 9.92. The quantitative estimate of drug-likeness (QED) is 0.263. The molecule has 0 aliphatic carbocycles. The number of hydrogen-bond acceptors (Lipinski definition) is 7. The zero-order valence-electron chi connectivity index (χ0n) is 22.1. The van der Waals surface area contributed by atoms with Crippen LogP contribution >= 0.6 is 0 Å². The molecule has 0 radical (unpaired) electrons. The first kappa shape index (κ1) is 25.2. The van der Waals surface area contributed by atoms with Crippen LogP contribution in [0.3, 0.4) is 0 Å². The van der Waals surface area contributed by atoms with Crippen LogP contribution < -0.4 is 16.1 Å². The molecule has 9 heteroatoms. The van der Waals surface area contributed by atoms with Crippen LogP contribution in [0.2, 0.25) is 0 Å². The van der Waals surface area contributed by atoms with Crippen LogP contribution in [0.1, 0.15) is 32.6 Å². The highest BCUT2D eigenvalue weighted by atomic mass is 19.1. The highest BCUT2D eigenvalue weighted by Crippen LogP contribution is 2.38. The van der Waals surface area contributed by atoms with Crippen LogP contribution in [0.15, 0.2) is 88.3 Å². The zero-order valence-corrected chi connectivity index (χ0v) is 22.1. The molecule has 6 rings (SSSR count). The van der Waals surface area contributed by atoms with Gasteiger partial charge in [0.05, 0.1) is 16.9 Å². The van der Waals surface area contributed by atoms with Crippen LogP contribution in [0, 0.1) is 5.82 Å². The van der Waals surface area contributed by atoms with E-state index in [9.17, 15) is 9.18 Å². The van der Waals surface area contributed by atoms with Crippen molar-refractivity contribution in [1.29, 1.82) is 0 Å². The van der Waals surface area contributed by atoms with E-state index >= 15 is 0 Å². The Kier molecular flexibility index (Phi) is 6.26. The van der Waals surface area contributed by atoms with E-state index < -0.39 is 17.5 Å². The summed E-state index contributed by atoms with van der Waals surface area (Å²) in [6, 6.07) is 21.1. The van der Waals surface area contributed by atoms with Crippen LogP contribution in [-0.4, -0.2) is 25.9 Å². The summed E-state index contributed by atoms with van der Waals surface area (Å²) >= 11 is 0. The molecule has 8 nitrogen and oxygen atoms in total. The number of halogens is 1. The largest absolute Gasteiger partial charge is 0.488 e. The van der Waals surface area contributed by atoms with E-state index in [2.05, 4.69) is 9.97 Å². The van der Waals surface area contributed by atoms with Gasteiger partial charge in [-0.15, -0.1) is 0 Å². The fraction of sp³-hybridized carbons (Fsp3) is 0.161. The summed E-state index contributed by atoms with van der Waals surface area (Å²) in [7, 11) is 0. The highest BCUT2D eigenvalue weighted by molar-refractivity contribution is 5.99. The maximum Gasteiger partial charge on any atom is 0.343 e. The van der Waals surface area contributed by atoms with Gasteiger partial charge in [0.1, 0.15) is 29.6 Å². The molecule has 3 aromatic carbocycles. The Morgan fingerprint density at radius 3 is 2.38 bits per heavy atom. The van der Waals surface area contributed by atoms with Gasteiger partial charge in [0, 0.05) is 16.5 Å². The van der Waals surface area contributed by atoms with Crippen molar-refractivity contribution < 1.29 is 13.5 Å². The molecule has 200 valence electrons. The zero-order chi connectivity index (χ0) is 28.0. The van der Waals surface area contributed by atoms with Gasteiger partial charge in [0.15, 0.2) is 17.2 Å². The third-order valence-electron chi connectivity index (χ3n) is 6.76. The van der Waals surface area contributed by atoms with E-state index in [1.807, 2.05) is 63.2 Å². The molecule has 1 unspecified atom stereocenters. The Bertz CT molecular complexity index is 1930. The van der Waals surface area contributed by atoms with Crippen molar-refractivity contribution in [2.24, 2.45) is 0 Å². The van der Waals surface area contributed by atoms with Gasteiger partial charge in [-0.05, 0) is 50.6 Å². The Labute approximate surface area is 228 Å². The summed E-state index contributed by atoms with van der Waals surface area (Å²) in [5, 5.41) is 6.55. The normalized spacial score (nSPS) is 12.3. The summed E-state index contributed by atoms with van der Waals surface area (Å²) in [5.41, 5.74) is 8.82. The number of nitrogens with zero attached hydrogens (tertiary/aromatic N) is 4. The average molecular weight is 536 g/mol. The van der Waals surface area contributed by atoms with Crippen molar-refractivity contribution in [3.05, 3.63) is 101 Å². The molecule has 6 aromatic rings. The lowest BCUT2D eigenvalue weighted by atomic mass is 9.96. The van der Waals surface area contributed by atoms with Gasteiger partial charge in [0.2, 0.25) is 0 Å². The Morgan fingerprint density at radius 1 is 0.925 bits per heavy atom. The molecule has 40 heavy (non-hydrogen) atoms. The number of nitrogen functional groups attached to an aromatic ring is 1. The van der Waals surface area contributed by atoms with Crippen LogP contribution in [0.5, 0.6) is 5.75 Å². The number of nitrogens with two attached hydrogens (primary N) is 1. The smallest absolute Gasteiger partial charge is 0.343 e. The lowest BCUT2D eigenvalue weighted by molar-refractivity contribution is 0.231. The second-order valence-electron chi connectivity index (χ2n) is 9.78. The molecule has 3 heterocycles. The Hall–Kier alpha value is -5.05. The third kappa shape index (κ3) is 4.25. The SMILES string of the molecule is CC(C)Oc1ccc(-c2nn(C(C)c3oc(=O)c4ccccc4c3-c3ccccc3)c3ncnc(N)c23)cc1F. The van der Waals surface area contributed by atoms with Crippen LogP contribution in [0.25, 0.3) is 44.2 Å². The van der Waals surface area contributed by atoms with E-state index in [1.165, 1.54) is 12.4 Å². The minimum atomic E-state index is -0.591. The highest BCUT2D eigenvalue weighted by Gasteiger charge is 2.27. The van der Waals surface area contributed by atoms with E-state index in [0.717, 1.165) is 16.5 Å². The van der Waals surface area contributed by atoms with Crippen molar-refractivity contribution in [2.45, 2.75) is 32.9 Å². The molecule has 0 fully saturated rings. The summed E-state index contributed by atoms with van der Waals surface area (Å²) in [6.45, 7) is 5.53. The lowest BCUT2D eigenvalue weighted by Gasteiger charge is -2.18. The standard InChI is InChI=1S/C31H26FN5O3/c1-17(2)39-24-14-13-20(15-23(24)32)27-26-29(33)34-16-35-30(26)37(36-27)18(3)28-25(19-9-5-4-6-10-19)21-11-7-8-12-22(21)31(38)40-28/h4-18H,1-3H3,(H2,33,34,35). The van der Waals surface area contributed by atoms with Crippen molar-refractivity contribution in [2.75, 3.05) is 5.73 Å². The van der Waals surface area contributed by atoms with Gasteiger partial charge in [-0.3, -0.25) is 0 Å². The van der Waals surface area contributed by atoms with E-state index in [4.69, 9.17) is 20.0 Å². The van der Waals surface area contributed by atoms with Gasteiger partial charge in [-0.1, -0.05) is 48.5 Å². The summed E-state index contributed by atoms with van der Waals surface area (Å²) in [6.07, 6.45) is 1.17. The monoisotopic (exact) mass is 535 g/mol. The molecular formula is C31H26FN5O3. The first-order valence-corrected chi connectivity index (χ1v) is 12.9. The van der Waals surface area contributed by atoms with E-state index in [0.29, 0.717) is 33.4 Å². The molecule has 0 spiro atoms. The molecule has 0 bridgehead atoms. The minimum Gasteiger partial charge on any atom is -0.488 e. The van der Waals surface area contributed by atoms with Gasteiger partial charge in [-0.2, -0.15) is 5.10 Å². The fourth-order valence-electron chi connectivity index (χ4n) is 4.99. The number of hydrogen-bond donors (Lipinski definition) is 1. The molecule has 0 saturated carbocycles. The molecule has 0 saturated heterocycles. The topological polar surface area (TPSA) is 109 Å². The number of aromatic nitrogens is 4. The Balaban J connectivity index is 1.58. The molecule has 0 aliphatic heterocycles. The van der Waals surface area contributed by atoms with Crippen molar-refractivity contribution in [1.82, 2.24) is 19.7 Å². The summed E-state index contributed by atoms with van der Waals surface area (Å²) < 4.78 is 28.2. The van der Waals surface area contributed by atoms with E-state index in [1.54, 1.807) is 28.9 Å². The van der Waals surface area contributed by atoms with Gasteiger partial charge >= 0.3 is 5.63 Å². The average Bonchev–Trinajstić information content (AvgIpc) is 3.35. The summed E-state index contributed by atoms with van der Waals surface area (Å²) in [5.74, 6) is 0.231. The number of ether oxygens (including phenoxy) is 1. The number of anilines is 1. The molecule has 3 aromatic heterocycles. The van der Waals surface area contributed by atoms with Crippen molar-refractivity contribution in [3.8, 4) is 28.1 Å². The van der Waals surface area contributed by atoms with Crippen molar-refractivity contribution >= 4 is 27.6 Å². The lowest BCUT2D eigenvalue weighted by Crippen LogP contribution is -2.14. The minimum absolute atomic E-state index is 0.144. The number of benzene rings is 3. The number of rotatable bonds is 6. The van der Waals surface area contributed by atoms with Gasteiger partial charge in [0.25, 0.3) is 0 Å². The predicted molar refractivity (Wildman–Crippen MR) is 153 cm³/mol. The first-order valence-electron chi connectivity index (χ1n) is 12.9. The molecule has 0 amide bonds. The third-order valence-corrected chi connectivity index (χ3v) is 6.76. The Morgan fingerprint density at radius 2 is 1.65 bits per heavy atom. The molecule has 1 atom stereocenters. The molecule has 0 aliphatic rings. The van der Waals surface area contributed by atoms with Crippen LogP contribution in [0.4, 0.5) is 10.2 Å². The first-order chi connectivity index (χ1) is 19.3. The maximum atomic E-state index is 15.0. The second-order valence-corrected chi connectivity index (χ2v) is 9.78. The van der Waals surface area contributed by atoms with Gasteiger partial charge in [-0.25, -0.2) is 23.8 Å².